The van der Waals surface area contributed by atoms with Gasteiger partial charge < -0.3 is 5.73 Å². The zero-order valence-electron chi connectivity index (χ0n) is 12.0. The van der Waals surface area contributed by atoms with Crippen molar-refractivity contribution < 1.29 is 12.8 Å². The Balaban J connectivity index is 1.92. The minimum absolute atomic E-state index is 0.0751. The number of aromatic nitrogens is 1. The molecule has 0 saturated carbocycles. The van der Waals surface area contributed by atoms with Gasteiger partial charge in [0, 0.05) is 11.9 Å². The number of benzene rings is 1. The van der Waals surface area contributed by atoms with Crippen LogP contribution in [0.1, 0.15) is 11.1 Å². The zero-order valence-corrected chi connectivity index (χ0v) is 13.6. The molecule has 8 heteroatoms. The Labute approximate surface area is 136 Å². The van der Waals surface area contributed by atoms with Crippen molar-refractivity contribution in [1.29, 1.82) is 0 Å². The lowest BCUT2D eigenvalue weighted by Crippen LogP contribution is -2.09. The summed E-state index contributed by atoms with van der Waals surface area (Å²) in [5.74, 6) is -0.341. The maximum absolute atomic E-state index is 13.8. The Bertz CT molecular complexity index is 984. The third-order valence-corrected chi connectivity index (χ3v) is 6.11. The highest BCUT2D eigenvalue weighted by atomic mass is 32.2. The normalized spacial score (nSPS) is 11.9. The van der Waals surface area contributed by atoms with Crippen molar-refractivity contribution in [2.75, 3.05) is 5.73 Å². The summed E-state index contributed by atoms with van der Waals surface area (Å²) in [6.45, 7) is 0. The van der Waals surface area contributed by atoms with E-state index in [9.17, 15) is 12.8 Å². The third-order valence-electron chi connectivity index (χ3n) is 3.49. The number of hydrogen-bond acceptors (Lipinski definition) is 5. The molecule has 23 heavy (non-hydrogen) atoms. The summed E-state index contributed by atoms with van der Waals surface area (Å²) >= 11 is 1.08. The minimum atomic E-state index is -3.76. The molecule has 0 aliphatic carbocycles. The number of nitrogens with zero attached hydrogens (tertiary/aromatic N) is 1. The van der Waals surface area contributed by atoms with Crippen LogP contribution in [-0.4, -0.2) is 13.4 Å². The number of rotatable bonds is 4. The number of primary sulfonamides is 1. The van der Waals surface area contributed by atoms with Crippen LogP contribution in [0.5, 0.6) is 0 Å². The van der Waals surface area contributed by atoms with Crippen molar-refractivity contribution in [3.05, 3.63) is 53.5 Å². The number of nitrogen functional groups attached to an aromatic ring is 1. The number of halogens is 1. The molecule has 2 aromatic heterocycles. The molecule has 0 bridgehead atoms. The number of sulfonamides is 1. The number of hydrogen-bond donors (Lipinski definition) is 2. The second-order valence-electron chi connectivity index (χ2n) is 5.15. The van der Waals surface area contributed by atoms with Crippen LogP contribution in [0.25, 0.3) is 10.2 Å². The lowest BCUT2D eigenvalue weighted by atomic mass is 10.0. The van der Waals surface area contributed by atoms with E-state index in [0.717, 1.165) is 21.6 Å². The van der Waals surface area contributed by atoms with E-state index in [-0.39, 0.29) is 10.0 Å². The van der Waals surface area contributed by atoms with Crippen molar-refractivity contribution in [2.45, 2.75) is 17.1 Å². The molecule has 2 heterocycles. The number of thiophene rings is 1. The molecule has 0 aliphatic rings. The quantitative estimate of drug-likeness (QED) is 0.705. The van der Waals surface area contributed by atoms with Crippen molar-refractivity contribution in [2.24, 2.45) is 5.14 Å². The molecule has 3 rings (SSSR count). The van der Waals surface area contributed by atoms with Crippen LogP contribution >= 0.6 is 11.3 Å². The van der Waals surface area contributed by atoms with Gasteiger partial charge in [-0.05, 0) is 48.2 Å². The summed E-state index contributed by atoms with van der Waals surface area (Å²) in [5, 5.41) is 5.16. The van der Waals surface area contributed by atoms with Crippen LogP contribution in [0.4, 0.5) is 10.1 Å². The lowest BCUT2D eigenvalue weighted by molar-refractivity contribution is 0.600. The van der Waals surface area contributed by atoms with Crippen LogP contribution in [-0.2, 0) is 22.9 Å². The number of aryl methyl sites for hydroxylation is 2. The van der Waals surface area contributed by atoms with Crippen molar-refractivity contribution in [1.82, 2.24) is 4.98 Å². The molecule has 4 N–H and O–H groups in total. The predicted octanol–water partition coefficient (Wildman–Crippen LogP) is 2.45. The topological polar surface area (TPSA) is 99.1 Å². The SMILES string of the molecule is Nc1ccc(CCc2ccnc3cc(S(N)(=O)=O)sc23)c(F)c1. The van der Waals surface area contributed by atoms with E-state index in [1.165, 1.54) is 12.1 Å². The molecule has 1 aromatic carbocycles. The largest absolute Gasteiger partial charge is 0.399 e. The predicted molar refractivity (Wildman–Crippen MR) is 89.2 cm³/mol. The first-order valence-corrected chi connectivity index (χ1v) is 9.15. The minimum Gasteiger partial charge on any atom is -0.399 e. The maximum Gasteiger partial charge on any atom is 0.247 e. The number of anilines is 1. The zero-order chi connectivity index (χ0) is 16.6. The summed E-state index contributed by atoms with van der Waals surface area (Å²) in [7, 11) is -3.76. The first-order valence-electron chi connectivity index (χ1n) is 6.79. The summed E-state index contributed by atoms with van der Waals surface area (Å²) < 4.78 is 37.6. The van der Waals surface area contributed by atoms with Crippen molar-refractivity contribution in [3.8, 4) is 0 Å². The lowest BCUT2D eigenvalue weighted by Gasteiger charge is -2.05. The first-order chi connectivity index (χ1) is 10.8. The second-order valence-corrected chi connectivity index (χ2v) is 7.99. The standard InChI is InChI=1S/C15H14FN3O2S2/c16-12-7-11(17)4-3-9(12)1-2-10-5-6-19-13-8-14(22-15(10)13)23(18,20)21/h3-8H,1-2,17H2,(H2,18,20,21). The van der Waals surface area contributed by atoms with E-state index in [0.29, 0.717) is 29.6 Å². The number of pyridine rings is 1. The van der Waals surface area contributed by atoms with Gasteiger partial charge >= 0.3 is 0 Å². The van der Waals surface area contributed by atoms with Crippen LogP contribution in [0, 0.1) is 5.82 Å². The van der Waals surface area contributed by atoms with Crippen LogP contribution in [0.3, 0.4) is 0 Å². The molecular formula is C15H14FN3O2S2. The molecule has 0 amide bonds. The number of fused-ring (bicyclic) bond motifs is 1. The summed E-state index contributed by atoms with van der Waals surface area (Å²) in [6, 6.07) is 7.88. The Kier molecular flexibility index (Phi) is 4.05. The average Bonchev–Trinajstić information content (AvgIpc) is 2.91. The fourth-order valence-corrected chi connectivity index (χ4v) is 4.22. The Hall–Kier alpha value is -2.03. The van der Waals surface area contributed by atoms with Gasteiger partial charge in [0.15, 0.2) is 0 Å². The van der Waals surface area contributed by atoms with E-state index in [1.807, 2.05) is 0 Å². The van der Waals surface area contributed by atoms with Crippen molar-refractivity contribution in [3.63, 3.8) is 0 Å². The average molecular weight is 351 g/mol. The van der Waals surface area contributed by atoms with Gasteiger partial charge in [0.2, 0.25) is 10.0 Å². The molecule has 120 valence electrons. The fraction of sp³-hybridized carbons (Fsp3) is 0.133. The van der Waals surface area contributed by atoms with Gasteiger partial charge in [-0.15, -0.1) is 11.3 Å². The molecule has 0 unspecified atom stereocenters. The molecule has 0 aliphatic heterocycles. The first kappa shape index (κ1) is 15.9. The molecule has 0 radical (unpaired) electrons. The number of nitrogens with two attached hydrogens (primary N) is 2. The van der Waals surface area contributed by atoms with Crippen LogP contribution < -0.4 is 10.9 Å². The third kappa shape index (κ3) is 3.34. The highest BCUT2D eigenvalue weighted by Gasteiger charge is 2.15. The second kappa shape index (κ2) is 5.88. The van der Waals surface area contributed by atoms with Crippen LogP contribution in [0.15, 0.2) is 40.7 Å². The monoisotopic (exact) mass is 351 g/mol. The van der Waals surface area contributed by atoms with E-state index in [4.69, 9.17) is 10.9 Å². The molecule has 3 aromatic rings. The van der Waals surface area contributed by atoms with E-state index in [1.54, 1.807) is 24.4 Å². The van der Waals surface area contributed by atoms with Gasteiger partial charge in [-0.25, -0.2) is 17.9 Å². The van der Waals surface area contributed by atoms with Crippen molar-refractivity contribution >= 4 is 37.3 Å². The molecule has 5 nitrogen and oxygen atoms in total. The van der Waals surface area contributed by atoms with Gasteiger partial charge in [-0.1, -0.05) is 6.07 Å². The summed E-state index contributed by atoms with van der Waals surface area (Å²) in [4.78, 5) is 4.16. The molecule has 0 spiro atoms. The molecular weight excluding hydrogens is 337 g/mol. The van der Waals surface area contributed by atoms with Gasteiger partial charge in [-0.3, -0.25) is 4.98 Å². The summed E-state index contributed by atoms with van der Waals surface area (Å²) in [5.41, 5.74) is 7.97. The smallest absolute Gasteiger partial charge is 0.247 e. The maximum atomic E-state index is 13.8. The molecule has 0 atom stereocenters. The highest BCUT2D eigenvalue weighted by molar-refractivity contribution is 7.91. The van der Waals surface area contributed by atoms with E-state index < -0.39 is 10.0 Å². The Morgan fingerprint density at radius 1 is 1.13 bits per heavy atom. The summed E-state index contributed by atoms with van der Waals surface area (Å²) in [6.07, 6.45) is 2.65. The van der Waals surface area contributed by atoms with Gasteiger partial charge in [-0.2, -0.15) is 0 Å². The van der Waals surface area contributed by atoms with E-state index >= 15 is 0 Å². The Morgan fingerprint density at radius 3 is 2.57 bits per heavy atom. The van der Waals surface area contributed by atoms with Gasteiger partial charge in [0.25, 0.3) is 0 Å². The fourth-order valence-electron chi connectivity index (χ4n) is 2.34. The highest BCUT2D eigenvalue weighted by Crippen LogP contribution is 2.30. The van der Waals surface area contributed by atoms with Crippen LogP contribution in [0.2, 0.25) is 0 Å². The molecule has 0 fully saturated rings. The molecule has 0 saturated heterocycles. The Morgan fingerprint density at radius 2 is 1.87 bits per heavy atom. The van der Waals surface area contributed by atoms with Gasteiger partial charge in [0.05, 0.1) is 10.2 Å². The van der Waals surface area contributed by atoms with Gasteiger partial charge in [0.1, 0.15) is 10.0 Å². The van der Waals surface area contributed by atoms with E-state index in [2.05, 4.69) is 4.98 Å².